The molecule has 3 heteroatoms. The normalized spacial score (nSPS) is 15.3. The van der Waals surface area contributed by atoms with Gasteiger partial charge in [-0.3, -0.25) is 9.59 Å². The molecule has 0 N–H and O–H groups in total. The SMILES string of the molecule is CC1(C)c2ccccc2-c2ccc(N(c3ccc4c(c3)C(C)(C)c3ccccc3-4)c3ccc4cc(C=C5C(=O)c6cc7ccccc7cc6C5=O)ccc4c3)cc21. The molecule has 57 heavy (non-hydrogen) atoms. The van der Waals surface area contributed by atoms with Crippen molar-refractivity contribution in [3.63, 3.8) is 0 Å². The highest BCUT2D eigenvalue weighted by molar-refractivity contribution is 6.42. The topological polar surface area (TPSA) is 37.4 Å². The largest absolute Gasteiger partial charge is 0.310 e. The molecule has 3 aliphatic carbocycles. The summed E-state index contributed by atoms with van der Waals surface area (Å²) in [6, 6.07) is 55.8. The highest BCUT2D eigenvalue weighted by Crippen LogP contribution is 2.53. The van der Waals surface area contributed by atoms with Gasteiger partial charge in [0.05, 0.1) is 5.57 Å². The molecule has 0 bridgehead atoms. The predicted molar refractivity (Wildman–Crippen MR) is 234 cm³/mol. The Bertz CT molecular complexity index is 2960. The molecule has 8 aromatic rings. The Labute approximate surface area is 332 Å². The molecule has 3 aliphatic rings. The molecule has 0 aromatic heterocycles. The van der Waals surface area contributed by atoms with Crippen LogP contribution in [0, 0.1) is 0 Å². The molecular weight excluding hydrogens is 695 g/mol. The number of ketones is 2. The highest BCUT2D eigenvalue weighted by atomic mass is 16.2. The zero-order valence-electron chi connectivity index (χ0n) is 32.4. The van der Waals surface area contributed by atoms with Crippen LogP contribution in [-0.2, 0) is 10.8 Å². The number of allylic oxidation sites excluding steroid dienone is 1. The van der Waals surface area contributed by atoms with E-state index in [4.69, 9.17) is 0 Å². The second kappa shape index (κ2) is 11.8. The maximum Gasteiger partial charge on any atom is 0.197 e. The van der Waals surface area contributed by atoms with E-state index in [1.54, 1.807) is 6.08 Å². The number of nitrogens with zero attached hydrogens (tertiary/aromatic N) is 1. The summed E-state index contributed by atoms with van der Waals surface area (Å²) < 4.78 is 0. The zero-order valence-corrected chi connectivity index (χ0v) is 32.4. The van der Waals surface area contributed by atoms with Gasteiger partial charge in [-0.2, -0.15) is 0 Å². The molecule has 3 nitrogen and oxygen atoms in total. The summed E-state index contributed by atoms with van der Waals surface area (Å²) in [6.45, 7) is 9.32. The smallest absolute Gasteiger partial charge is 0.197 e. The van der Waals surface area contributed by atoms with Gasteiger partial charge in [-0.25, -0.2) is 0 Å². The summed E-state index contributed by atoms with van der Waals surface area (Å²) in [5, 5.41) is 4.01. The van der Waals surface area contributed by atoms with Crippen molar-refractivity contribution in [1.82, 2.24) is 0 Å². The van der Waals surface area contributed by atoms with Crippen LogP contribution in [0.25, 0.3) is 49.9 Å². The van der Waals surface area contributed by atoms with Crippen LogP contribution in [-0.4, -0.2) is 11.6 Å². The fraction of sp³-hybridized carbons (Fsp3) is 0.111. The minimum atomic E-state index is -0.215. The zero-order chi connectivity index (χ0) is 38.8. The summed E-state index contributed by atoms with van der Waals surface area (Å²) in [6.07, 6.45) is 1.75. The van der Waals surface area contributed by atoms with Gasteiger partial charge in [0.15, 0.2) is 11.6 Å². The number of carbonyl (C=O) groups excluding carboxylic acids is 2. The average molecular weight is 734 g/mol. The molecule has 0 aliphatic heterocycles. The Morgan fingerprint density at radius 2 is 0.807 bits per heavy atom. The van der Waals surface area contributed by atoms with Gasteiger partial charge in [0.2, 0.25) is 0 Å². The van der Waals surface area contributed by atoms with Crippen LogP contribution in [0.5, 0.6) is 0 Å². The molecule has 0 heterocycles. The lowest BCUT2D eigenvalue weighted by molar-refractivity contribution is 0.0990. The number of carbonyl (C=O) groups is 2. The molecule has 0 fully saturated rings. The maximum atomic E-state index is 13.6. The quantitative estimate of drug-likeness (QED) is 0.133. The Balaban J connectivity index is 1.02. The molecule has 0 saturated heterocycles. The third-order valence-corrected chi connectivity index (χ3v) is 12.9. The number of hydrogen-bond acceptors (Lipinski definition) is 3. The van der Waals surface area contributed by atoms with E-state index in [0.717, 1.165) is 44.2 Å². The summed E-state index contributed by atoms with van der Waals surface area (Å²) in [5.74, 6) is -0.429. The first-order valence-electron chi connectivity index (χ1n) is 19.7. The first-order valence-corrected chi connectivity index (χ1v) is 19.7. The van der Waals surface area contributed by atoms with Crippen LogP contribution in [0.4, 0.5) is 17.1 Å². The fourth-order valence-electron chi connectivity index (χ4n) is 9.90. The van der Waals surface area contributed by atoms with Crippen LogP contribution in [0.2, 0.25) is 0 Å². The maximum absolute atomic E-state index is 13.6. The van der Waals surface area contributed by atoms with Gasteiger partial charge < -0.3 is 4.90 Å². The van der Waals surface area contributed by atoms with Crippen LogP contribution < -0.4 is 4.90 Å². The Morgan fingerprint density at radius 1 is 0.386 bits per heavy atom. The summed E-state index contributed by atoms with van der Waals surface area (Å²) in [5.41, 5.74) is 15.5. The molecule has 8 aromatic carbocycles. The van der Waals surface area contributed by atoms with Gasteiger partial charge in [0, 0.05) is 39.0 Å². The third-order valence-electron chi connectivity index (χ3n) is 12.9. The highest BCUT2D eigenvalue weighted by Gasteiger charge is 2.38. The van der Waals surface area contributed by atoms with E-state index >= 15 is 0 Å². The number of fused-ring (bicyclic) bond motifs is 9. The van der Waals surface area contributed by atoms with Crippen LogP contribution >= 0.6 is 0 Å². The van der Waals surface area contributed by atoms with Crippen molar-refractivity contribution >= 4 is 56.2 Å². The number of benzene rings is 8. The Morgan fingerprint density at radius 3 is 1.37 bits per heavy atom. The van der Waals surface area contributed by atoms with Gasteiger partial charge in [-0.1, -0.05) is 131 Å². The van der Waals surface area contributed by atoms with E-state index in [9.17, 15) is 9.59 Å². The van der Waals surface area contributed by atoms with Crippen molar-refractivity contribution in [2.45, 2.75) is 38.5 Å². The molecule has 0 atom stereocenters. The predicted octanol–water partition coefficient (Wildman–Crippen LogP) is 13.5. The number of hydrogen-bond donors (Lipinski definition) is 0. The van der Waals surface area contributed by atoms with E-state index in [2.05, 4.69) is 148 Å². The van der Waals surface area contributed by atoms with Crippen molar-refractivity contribution in [3.8, 4) is 22.3 Å². The first-order chi connectivity index (χ1) is 27.6. The monoisotopic (exact) mass is 733 g/mol. The van der Waals surface area contributed by atoms with E-state index in [0.29, 0.717) is 11.1 Å². The molecule has 0 saturated carbocycles. The summed E-state index contributed by atoms with van der Waals surface area (Å²) in [7, 11) is 0. The van der Waals surface area contributed by atoms with E-state index < -0.39 is 0 Å². The Kier molecular flexibility index (Phi) is 6.95. The number of rotatable bonds is 4. The van der Waals surface area contributed by atoms with Gasteiger partial charge in [-0.05, 0) is 132 Å². The molecule has 0 spiro atoms. The standard InChI is InChI=1S/C54H39NO2/c1-53(2)47-15-9-7-13-40(47)42-23-21-38(30-49(42)53)55(39-22-24-43-41-14-8-10-16-48(41)54(3,4)50(43)31-39)37-20-19-35-25-32(17-18-36(35)27-37)26-46-51(56)44-28-33-11-5-6-12-34(33)29-45(44)52(46)57/h5-31H,1-4H3. The van der Waals surface area contributed by atoms with E-state index in [1.807, 2.05) is 42.5 Å². The minimum Gasteiger partial charge on any atom is -0.310 e. The van der Waals surface area contributed by atoms with Crippen molar-refractivity contribution in [2.75, 3.05) is 4.90 Å². The van der Waals surface area contributed by atoms with Gasteiger partial charge >= 0.3 is 0 Å². The lowest BCUT2D eigenvalue weighted by Crippen LogP contribution is -2.18. The fourth-order valence-corrected chi connectivity index (χ4v) is 9.90. The molecule has 11 rings (SSSR count). The summed E-state index contributed by atoms with van der Waals surface area (Å²) in [4.78, 5) is 29.5. The number of Topliss-reactive ketones (excluding diaryl/α,β-unsaturated/α-hetero) is 2. The second-order valence-corrected chi connectivity index (χ2v) is 16.9. The van der Waals surface area contributed by atoms with Crippen LogP contribution in [0.15, 0.2) is 163 Å². The van der Waals surface area contributed by atoms with Crippen molar-refractivity contribution in [1.29, 1.82) is 0 Å². The van der Waals surface area contributed by atoms with Crippen LogP contribution in [0.3, 0.4) is 0 Å². The minimum absolute atomic E-state index is 0.138. The van der Waals surface area contributed by atoms with Gasteiger partial charge in [-0.15, -0.1) is 0 Å². The molecule has 0 radical (unpaired) electrons. The molecular formula is C54H39NO2. The third kappa shape index (κ3) is 4.85. The molecule has 0 amide bonds. The lowest BCUT2D eigenvalue weighted by Gasteiger charge is -2.30. The van der Waals surface area contributed by atoms with E-state index in [1.165, 1.54) is 44.5 Å². The van der Waals surface area contributed by atoms with Gasteiger partial charge in [0.25, 0.3) is 0 Å². The van der Waals surface area contributed by atoms with Crippen molar-refractivity contribution in [2.24, 2.45) is 0 Å². The van der Waals surface area contributed by atoms with Gasteiger partial charge in [0.1, 0.15) is 0 Å². The summed E-state index contributed by atoms with van der Waals surface area (Å²) >= 11 is 0. The van der Waals surface area contributed by atoms with Crippen LogP contribution in [0.1, 0.15) is 76.2 Å². The lowest BCUT2D eigenvalue weighted by atomic mass is 9.82. The van der Waals surface area contributed by atoms with Crippen molar-refractivity contribution < 1.29 is 9.59 Å². The van der Waals surface area contributed by atoms with E-state index in [-0.39, 0.29) is 28.0 Å². The second-order valence-electron chi connectivity index (χ2n) is 16.9. The molecule has 272 valence electrons. The average Bonchev–Trinajstić information content (AvgIpc) is 3.71. The molecule has 0 unspecified atom stereocenters. The Hall–Kier alpha value is -6.84. The first kappa shape index (κ1) is 33.5. The van der Waals surface area contributed by atoms with Crippen molar-refractivity contribution in [3.05, 3.63) is 202 Å². The number of anilines is 3.